The molecule has 2 nitrogen and oxygen atoms in total. The molecule has 0 amide bonds. The Morgan fingerprint density at radius 1 is 0.439 bits per heavy atom. The monoisotopic (exact) mass is 851 g/mol. The molecule has 3 spiro atoms. The van der Waals surface area contributed by atoms with Gasteiger partial charge in [-0.25, -0.2) is 0 Å². The minimum atomic E-state index is 0.0705. The summed E-state index contributed by atoms with van der Waals surface area (Å²) in [4.78, 5) is 2.45. The van der Waals surface area contributed by atoms with Crippen molar-refractivity contribution in [1.82, 2.24) is 0 Å². The first-order chi connectivity index (χ1) is 32.5. The summed E-state index contributed by atoms with van der Waals surface area (Å²) in [6, 6.07) is 66.9. The number of rotatable bonds is 5. The van der Waals surface area contributed by atoms with Crippen LogP contribution in [0.3, 0.4) is 0 Å². The van der Waals surface area contributed by atoms with Gasteiger partial charge in [-0.1, -0.05) is 141 Å². The van der Waals surface area contributed by atoms with Crippen molar-refractivity contribution in [2.45, 2.75) is 75.5 Å². The Kier molecular flexibility index (Phi) is 7.67. The van der Waals surface area contributed by atoms with Crippen LogP contribution in [0.1, 0.15) is 87.0 Å². The third-order valence-corrected chi connectivity index (χ3v) is 18.3. The smallest absolute Gasteiger partial charge is 0.137 e. The van der Waals surface area contributed by atoms with Crippen molar-refractivity contribution >= 4 is 39.0 Å². The van der Waals surface area contributed by atoms with Crippen LogP contribution < -0.4 is 4.90 Å². The Morgan fingerprint density at radius 2 is 1.03 bits per heavy atom. The standard InChI is InChI=1S/C64H53NO/c1-40-37-62-38-45(62)34-46(39-62)64(40)57-17-9-7-15-51(57)55-32-43(21-29-58(55)64)44-20-26-53-54-28-25-49(36-61(54)66-60(53)33-44)65(47-22-18-42(19-23-47)41-12-4-2-5-13-41)48-24-27-52-50-14-6-8-16-56(50)63(59(52)35-48)30-10-3-11-31-63/h2,4-9,12-29,32-33,35-36,40,45-46H,3,10-11,30-31,34,37-39H2,1H3/t40-,45-,46?,62?,64+/m0/s1. The van der Waals surface area contributed by atoms with Crippen molar-refractivity contribution in [3.8, 4) is 44.5 Å². The number of fused-ring (bicyclic) bond motifs is 15. The predicted molar refractivity (Wildman–Crippen MR) is 272 cm³/mol. The molecule has 1 aromatic heterocycles. The molecule has 0 radical (unpaired) electrons. The summed E-state index contributed by atoms with van der Waals surface area (Å²) in [5.74, 6) is 2.38. The maximum absolute atomic E-state index is 6.93. The van der Waals surface area contributed by atoms with Crippen LogP contribution in [0.2, 0.25) is 0 Å². The summed E-state index contributed by atoms with van der Waals surface area (Å²) in [7, 11) is 0. The predicted octanol–water partition coefficient (Wildman–Crippen LogP) is 17.3. The van der Waals surface area contributed by atoms with E-state index in [2.05, 4.69) is 188 Å². The number of nitrogens with zero attached hydrogens (tertiary/aromatic N) is 1. The number of anilines is 3. The molecule has 6 aliphatic carbocycles. The molecule has 4 saturated carbocycles. The van der Waals surface area contributed by atoms with E-state index in [-0.39, 0.29) is 10.8 Å². The van der Waals surface area contributed by atoms with Crippen LogP contribution in [-0.4, -0.2) is 0 Å². The fraction of sp³-hybridized carbons (Fsp3) is 0.250. The van der Waals surface area contributed by atoms with E-state index in [1.165, 1.54) is 119 Å². The van der Waals surface area contributed by atoms with E-state index in [9.17, 15) is 0 Å². The lowest BCUT2D eigenvalue weighted by Gasteiger charge is -2.48. The average molecular weight is 852 g/mol. The fourth-order valence-electron chi connectivity index (χ4n) is 15.5. The summed E-state index contributed by atoms with van der Waals surface area (Å²) < 4.78 is 6.93. The van der Waals surface area contributed by atoms with Crippen LogP contribution in [0.25, 0.3) is 66.4 Å². The van der Waals surface area contributed by atoms with Crippen LogP contribution >= 0.6 is 0 Å². The normalized spacial score (nSPS) is 24.6. The van der Waals surface area contributed by atoms with Gasteiger partial charge in [0.05, 0.1) is 0 Å². The van der Waals surface area contributed by atoms with Gasteiger partial charge in [0.25, 0.3) is 0 Å². The van der Waals surface area contributed by atoms with Gasteiger partial charge in [0.15, 0.2) is 0 Å². The molecule has 2 unspecified atom stereocenters. The average Bonchev–Trinajstić information content (AvgIpc) is 3.61. The first kappa shape index (κ1) is 37.6. The molecule has 15 rings (SSSR count). The quantitative estimate of drug-likeness (QED) is 0.172. The van der Waals surface area contributed by atoms with E-state index in [0.717, 1.165) is 45.1 Å². The minimum absolute atomic E-state index is 0.0705. The Balaban J connectivity index is 0.832. The van der Waals surface area contributed by atoms with Crippen molar-refractivity contribution in [3.05, 3.63) is 198 Å². The number of hydrogen-bond acceptors (Lipinski definition) is 2. The lowest BCUT2D eigenvalue weighted by atomic mass is 9.55. The first-order valence-corrected chi connectivity index (χ1v) is 24.9. The molecule has 9 aromatic rings. The van der Waals surface area contributed by atoms with Crippen molar-refractivity contribution in [2.75, 3.05) is 4.90 Å². The van der Waals surface area contributed by atoms with Gasteiger partial charge >= 0.3 is 0 Å². The zero-order valence-corrected chi connectivity index (χ0v) is 37.7. The molecule has 2 heteroatoms. The molecule has 8 aromatic carbocycles. The highest BCUT2D eigenvalue weighted by molar-refractivity contribution is 6.07. The van der Waals surface area contributed by atoms with Gasteiger partial charge in [-0.05, 0) is 183 Å². The second kappa shape index (κ2) is 13.5. The topological polar surface area (TPSA) is 16.4 Å². The number of benzene rings is 8. The van der Waals surface area contributed by atoms with E-state index in [4.69, 9.17) is 4.42 Å². The van der Waals surface area contributed by atoms with Crippen molar-refractivity contribution in [1.29, 1.82) is 0 Å². The second-order valence-corrected chi connectivity index (χ2v) is 21.3. The van der Waals surface area contributed by atoms with E-state index < -0.39 is 0 Å². The van der Waals surface area contributed by atoms with Crippen LogP contribution in [0, 0.1) is 23.2 Å². The number of hydrogen-bond donors (Lipinski definition) is 0. The molecular weight excluding hydrogens is 799 g/mol. The summed E-state index contributed by atoms with van der Waals surface area (Å²) in [6.07, 6.45) is 12.0. The Morgan fingerprint density at radius 3 is 1.86 bits per heavy atom. The van der Waals surface area contributed by atoms with E-state index in [0.29, 0.717) is 11.3 Å². The molecule has 66 heavy (non-hydrogen) atoms. The molecule has 6 aliphatic rings. The molecule has 1 heterocycles. The van der Waals surface area contributed by atoms with Crippen LogP contribution in [0.15, 0.2) is 180 Å². The molecular formula is C64H53NO. The third-order valence-electron chi connectivity index (χ3n) is 18.3. The zero-order valence-electron chi connectivity index (χ0n) is 37.7. The van der Waals surface area contributed by atoms with Crippen molar-refractivity contribution < 1.29 is 4.42 Å². The number of furan rings is 1. The van der Waals surface area contributed by atoms with Gasteiger partial charge in [-0.15, -0.1) is 0 Å². The van der Waals surface area contributed by atoms with Crippen molar-refractivity contribution in [3.63, 3.8) is 0 Å². The Hall–Kier alpha value is -6.64. The van der Waals surface area contributed by atoms with E-state index in [1.54, 1.807) is 11.1 Å². The van der Waals surface area contributed by atoms with E-state index in [1.807, 2.05) is 0 Å². The molecule has 2 bridgehead atoms. The highest BCUT2D eigenvalue weighted by Crippen LogP contribution is 2.78. The molecule has 0 N–H and O–H groups in total. The largest absolute Gasteiger partial charge is 0.456 e. The zero-order chi connectivity index (χ0) is 43.4. The Bertz CT molecular complexity index is 3460. The van der Waals surface area contributed by atoms with Gasteiger partial charge in [0.1, 0.15) is 11.2 Å². The van der Waals surface area contributed by atoms with Gasteiger partial charge in [-0.3, -0.25) is 0 Å². The minimum Gasteiger partial charge on any atom is -0.456 e. The van der Waals surface area contributed by atoms with Gasteiger partial charge < -0.3 is 9.32 Å². The first-order valence-electron chi connectivity index (χ1n) is 24.9. The SMILES string of the molecule is C[C@H]1CC23CC(C[C@H]2C3)[C@@]12c1ccccc1-c1cc(-c3ccc4c(c3)oc3cc(N(c5ccc(-c6ccccc6)cc5)c5ccc6c(c5)C5(CCCCC5)c5ccccc5-6)ccc34)ccc12. The molecule has 320 valence electrons. The van der Waals surface area contributed by atoms with Crippen LogP contribution in [0.5, 0.6) is 0 Å². The summed E-state index contributed by atoms with van der Waals surface area (Å²) >= 11 is 0. The van der Waals surface area contributed by atoms with Crippen LogP contribution in [0.4, 0.5) is 17.1 Å². The second-order valence-electron chi connectivity index (χ2n) is 21.3. The van der Waals surface area contributed by atoms with Gasteiger partial charge in [0, 0.05) is 44.7 Å². The molecule has 5 atom stereocenters. The summed E-state index contributed by atoms with van der Waals surface area (Å²) in [5, 5.41) is 2.30. The summed E-state index contributed by atoms with van der Waals surface area (Å²) in [5.41, 5.74) is 22.9. The van der Waals surface area contributed by atoms with Gasteiger partial charge in [-0.2, -0.15) is 0 Å². The maximum Gasteiger partial charge on any atom is 0.137 e. The highest BCUT2D eigenvalue weighted by atomic mass is 16.3. The molecule has 4 fully saturated rings. The third kappa shape index (κ3) is 5.03. The van der Waals surface area contributed by atoms with Crippen LogP contribution in [-0.2, 0) is 10.8 Å². The maximum atomic E-state index is 6.93. The summed E-state index contributed by atoms with van der Waals surface area (Å²) in [6.45, 7) is 2.58. The Labute approximate surface area is 387 Å². The lowest BCUT2D eigenvalue weighted by molar-refractivity contribution is 0.130. The molecule has 0 aliphatic heterocycles. The fourth-order valence-corrected chi connectivity index (χ4v) is 15.5. The highest BCUT2D eigenvalue weighted by Gasteiger charge is 2.70. The van der Waals surface area contributed by atoms with Crippen molar-refractivity contribution in [2.24, 2.45) is 23.2 Å². The van der Waals surface area contributed by atoms with E-state index >= 15 is 0 Å². The van der Waals surface area contributed by atoms with Gasteiger partial charge in [0.2, 0.25) is 0 Å². The lowest BCUT2D eigenvalue weighted by Crippen LogP contribution is -2.44. The molecule has 0 saturated heterocycles.